The molecule has 0 atom stereocenters. The second kappa shape index (κ2) is 4.97. The third-order valence-electron chi connectivity index (χ3n) is 1.63. The fourth-order valence-corrected chi connectivity index (χ4v) is 1.55. The number of ether oxygens (including phenoxy) is 1. The first-order valence-corrected chi connectivity index (χ1v) is 4.95. The molecule has 0 aliphatic rings. The van der Waals surface area contributed by atoms with Crippen molar-refractivity contribution in [2.45, 2.75) is 6.42 Å². The molecule has 6 heteroatoms. The van der Waals surface area contributed by atoms with Gasteiger partial charge in [0.15, 0.2) is 5.75 Å². The molecule has 4 N–H and O–H groups in total. The highest BCUT2D eigenvalue weighted by Gasteiger charge is 2.08. The summed E-state index contributed by atoms with van der Waals surface area (Å²) in [6.45, 7) is 0.115. The second-order valence-electron chi connectivity index (χ2n) is 2.87. The quantitative estimate of drug-likeness (QED) is 0.817. The summed E-state index contributed by atoms with van der Waals surface area (Å²) in [7, 11) is 0. The van der Waals surface area contributed by atoms with E-state index in [9.17, 15) is 9.18 Å². The molecule has 0 radical (unpaired) electrons. The van der Waals surface area contributed by atoms with Gasteiger partial charge < -0.3 is 16.2 Å². The van der Waals surface area contributed by atoms with Crippen LogP contribution < -0.4 is 16.2 Å². The fraction of sp³-hybridized carbons (Fsp3) is 0.222. The molecule has 1 aromatic rings. The van der Waals surface area contributed by atoms with Crippen LogP contribution in [0.25, 0.3) is 0 Å². The molecule has 0 saturated heterocycles. The number of nitrogens with two attached hydrogens (primary N) is 2. The molecule has 0 unspecified atom stereocenters. The highest BCUT2D eigenvalue weighted by Crippen LogP contribution is 2.32. The number of carbonyl (C=O) groups excluding carboxylic acids is 1. The normalized spacial score (nSPS) is 10.0. The highest BCUT2D eigenvalue weighted by atomic mass is 79.9. The number of carbonyl (C=O) groups is 1. The van der Waals surface area contributed by atoms with E-state index in [1.165, 1.54) is 6.07 Å². The molecule has 0 spiro atoms. The van der Waals surface area contributed by atoms with E-state index in [0.717, 1.165) is 6.07 Å². The molecule has 0 aliphatic heterocycles. The SMILES string of the molecule is NC(=O)CCOc1c(N)cc(F)cc1Br. The Morgan fingerprint density at radius 2 is 2.20 bits per heavy atom. The summed E-state index contributed by atoms with van der Waals surface area (Å²) in [6, 6.07) is 2.38. The molecule has 0 aromatic heterocycles. The number of anilines is 1. The Morgan fingerprint density at radius 1 is 1.53 bits per heavy atom. The van der Waals surface area contributed by atoms with E-state index in [1.807, 2.05) is 0 Å². The summed E-state index contributed by atoms with van der Waals surface area (Å²) in [5.41, 5.74) is 10.6. The van der Waals surface area contributed by atoms with Crippen molar-refractivity contribution in [1.82, 2.24) is 0 Å². The summed E-state index contributed by atoms with van der Waals surface area (Å²) in [5, 5.41) is 0. The second-order valence-corrected chi connectivity index (χ2v) is 3.73. The van der Waals surface area contributed by atoms with E-state index in [1.54, 1.807) is 0 Å². The van der Waals surface area contributed by atoms with E-state index in [2.05, 4.69) is 15.9 Å². The van der Waals surface area contributed by atoms with Crippen molar-refractivity contribution in [3.63, 3.8) is 0 Å². The van der Waals surface area contributed by atoms with Gasteiger partial charge >= 0.3 is 0 Å². The molecular weight excluding hydrogens is 267 g/mol. The van der Waals surface area contributed by atoms with Crippen molar-refractivity contribution in [1.29, 1.82) is 0 Å². The van der Waals surface area contributed by atoms with Crippen LogP contribution in [0.3, 0.4) is 0 Å². The lowest BCUT2D eigenvalue weighted by Crippen LogP contribution is -2.15. The number of amides is 1. The third-order valence-corrected chi connectivity index (χ3v) is 2.22. The van der Waals surface area contributed by atoms with Crippen LogP contribution in [0.1, 0.15) is 6.42 Å². The van der Waals surface area contributed by atoms with Crippen LogP contribution in [-0.4, -0.2) is 12.5 Å². The molecule has 0 saturated carbocycles. The van der Waals surface area contributed by atoms with Crippen molar-refractivity contribution >= 4 is 27.5 Å². The molecule has 0 heterocycles. The van der Waals surface area contributed by atoms with Gasteiger partial charge in [-0.05, 0) is 22.0 Å². The molecule has 15 heavy (non-hydrogen) atoms. The maximum Gasteiger partial charge on any atom is 0.220 e. The summed E-state index contributed by atoms with van der Waals surface area (Å²) in [6.07, 6.45) is 0.0866. The Morgan fingerprint density at radius 3 is 2.73 bits per heavy atom. The summed E-state index contributed by atoms with van der Waals surface area (Å²) in [4.78, 5) is 10.5. The first-order chi connectivity index (χ1) is 7.00. The van der Waals surface area contributed by atoms with Gasteiger partial charge in [0, 0.05) is 6.07 Å². The number of hydrogen-bond donors (Lipinski definition) is 2. The summed E-state index contributed by atoms with van der Waals surface area (Å²) < 4.78 is 18.4. The van der Waals surface area contributed by atoms with Crippen molar-refractivity contribution in [2.75, 3.05) is 12.3 Å². The van der Waals surface area contributed by atoms with Gasteiger partial charge in [-0.3, -0.25) is 4.79 Å². The number of primary amides is 1. The molecule has 0 fully saturated rings. The number of nitrogen functional groups attached to an aromatic ring is 1. The first-order valence-electron chi connectivity index (χ1n) is 4.16. The minimum Gasteiger partial charge on any atom is -0.490 e. The van der Waals surface area contributed by atoms with Gasteiger partial charge in [0.25, 0.3) is 0 Å². The van der Waals surface area contributed by atoms with E-state index < -0.39 is 11.7 Å². The maximum absolute atomic E-state index is 12.8. The van der Waals surface area contributed by atoms with E-state index in [0.29, 0.717) is 10.2 Å². The average molecular weight is 277 g/mol. The van der Waals surface area contributed by atoms with Gasteiger partial charge in [-0.25, -0.2) is 4.39 Å². The van der Waals surface area contributed by atoms with Crippen LogP contribution in [0.2, 0.25) is 0 Å². The Hall–Kier alpha value is -1.30. The van der Waals surface area contributed by atoms with Crippen LogP contribution >= 0.6 is 15.9 Å². The zero-order valence-electron chi connectivity index (χ0n) is 7.80. The lowest BCUT2D eigenvalue weighted by Gasteiger charge is -2.09. The van der Waals surface area contributed by atoms with E-state index >= 15 is 0 Å². The lowest BCUT2D eigenvalue weighted by molar-refractivity contribution is -0.118. The standard InChI is InChI=1S/C9H10BrFN2O2/c10-6-3-5(11)4-7(12)9(6)15-2-1-8(13)14/h3-4H,1-2,12H2,(H2,13,14). The Kier molecular flexibility index (Phi) is 3.90. The predicted octanol–water partition coefficient (Wildman–Crippen LogP) is 1.42. The van der Waals surface area contributed by atoms with Crippen LogP contribution in [0.5, 0.6) is 5.75 Å². The van der Waals surface area contributed by atoms with E-state index in [4.69, 9.17) is 16.2 Å². The maximum atomic E-state index is 12.8. The van der Waals surface area contributed by atoms with Gasteiger partial charge in [0.2, 0.25) is 5.91 Å². The van der Waals surface area contributed by atoms with Crippen molar-refractivity contribution in [3.05, 3.63) is 22.4 Å². The third kappa shape index (κ3) is 3.39. The van der Waals surface area contributed by atoms with Crippen LogP contribution in [0, 0.1) is 5.82 Å². The summed E-state index contributed by atoms with van der Waals surface area (Å²) >= 11 is 3.10. The predicted molar refractivity (Wildman–Crippen MR) is 57.8 cm³/mol. The number of benzene rings is 1. The molecule has 1 aromatic carbocycles. The lowest BCUT2D eigenvalue weighted by atomic mass is 10.3. The average Bonchev–Trinajstić information content (AvgIpc) is 2.08. The monoisotopic (exact) mass is 276 g/mol. The number of hydrogen-bond acceptors (Lipinski definition) is 3. The van der Waals surface area contributed by atoms with Crippen LogP contribution in [0.15, 0.2) is 16.6 Å². The van der Waals surface area contributed by atoms with Gasteiger partial charge in [-0.15, -0.1) is 0 Å². The number of rotatable bonds is 4. The summed E-state index contributed by atoms with van der Waals surface area (Å²) in [5.74, 6) is -0.605. The van der Waals surface area contributed by atoms with Crippen LogP contribution in [-0.2, 0) is 4.79 Å². The van der Waals surface area contributed by atoms with Crippen molar-refractivity contribution < 1.29 is 13.9 Å². The zero-order valence-corrected chi connectivity index (χ0v) is 9.38. The fourth-order valence-electron chi connectivity index (χ4n) is 0.986. The number of halogens is 2. The minimum atomic E-state index is -0.466. The van der Waals surface area contributed by atoms with Gasteiger partial charge in [0.05, 0.1) is 23.2 Å². The van der Waals surface area contributed by atoms with Gasteiger partial charge in [0.1, 0.15) is 5.82 Å². The van der Waals surface area contributed by atoms with Crippen LogP contribution in [0.4, 0.5) is 10.1 Å². The Balaban J connectivity index is 2.72. The van der Waals surface area contributed by atoms with E-state index in [-0.39, 0.29) is 18.7 Å². The molecule has 1 amide bonds. The topological polar surface area (TPSA) is 78.3 Å². The molecule has 4 nitrogen and oxygen atoms in total. The van der Waals surface area contributed by atoms with Gasteiger partial charge in [-0.1, -0.05) is 0 Å². The Bertz CT molecular complexity index is 361. The molecule has 0 bridgehead atoms. The highest BCUT2D eigenvalue weighted by molar-refractivity contribution is 9.10. The largest absolute Gasteiger partial charge is 0.490 e. The van der Waals surface area contributed by atoms with Crippen molar-refractivity contribution in [3.8, 4) is 5.75 Å². The smallest absolute Gasteiger partial charge is 0.220 e. The molecule has 82 valence electrons. The minimum absolute atomic E-state index is 0.0866. The molecule has 0 aliphatic carbocycles. The zero-order chi connectivity index (χ0) is 11.4. The molecule has 1 rings (SSSR count). The Labute approximate surface area is 94.5 Å². The first kappa shape index (κ1) is 11.8. The van der Waals surface area contributed by atoms with Gasteiger partial charge in [-0.2, -0.15) is 0 Å². The van der Waals surface area contributed by atoms with Crippen molar-refractivity contribution in [2.24, 2.45) is 5.73 Å². The molecular formula is C9H10BrFN2O2.